The maximum absolute atomic E-state index is 13.7. The van der Waals surface area contributed by atoms with Crippen molar-refractivity contribution in [1.29, 1.82) is 0 Å². The second-order valence-corrected chi connectivity index (χ2v) is 32.8. The lowest BCUT2D eigenvalue weighted by atomic mass is 9.64. The highest BCUT2D eigenvalue weighted by atomic mass is 28.4. The minimum absolute atomic E-state index is 0.0141. The van der Waals surface area contributed by atoms with Gasteiger partial charge in [-0.3, -0.25) is 9.59 Å². The number of piperidine rings is 2. The summed E-state index contributed by atoms with van der Waals surface area (Å²) in [7, 11) is -1.86. The molecule has 4 aliphatic carbocycles. The van der Waals surface area contributed by atoms with E-state index in [9.17, 15) is 40.6 Å². The average Bonchev–Trinajstić information content (AvgIpc) is 3.56. The quantitative estimate of drug-likeness (QED) is 0.117. The van der Waals surface area contributed by atoms with Crippen LogP contribution in [0.5, 0.6) is 0 Å². The molecule has 8 N–H and O–H groups in total. The second-order valence-electron chi connectivity index (χ2n) is 28.1. The largest absolute Gasteiger partial charge is 0.414 e. The van der Waals surface area contributed by atoms with Gasteiger partial charge in [-0.2, -0.15) is 20.3 Å². The molecule has 0 aromatic heterocycles. The normalized spacial score (nSPS) is 39.8. The Bertz CT molecular complexity index is 1970. The highest BCUT2D eigenvalue weighted by Gasteiger charge is 2.59. The third-order valence-electron chi connectivity index (χ3n) is 20.0. The van der Waals surface area contributed by atoms with Crippen LogP contribution in [0.2, 0.25) is 18.1 Å². The monoisotopic (exact) mass is 1010 g/mol. The van der Waals surface area contributed by atoms with Crippen molar-refractivity contribution in [2.75, 3.05) is 0 Å². The zero-order chi connectivity index (χ0) is 52.8. The Morgan fingerprint density at radius 1 is 0.549 bits per heavy atom. The Balaban J connectivity index is 0.000000213. The molecule has 0 radical (unpaired) electrons. The summed E-state index contributed by atoms with van der Waals surface area (Å²) in [5, 5.41) is 77.8. The van der Waals surface area contributed by atoms with E-state index in [1.807, 2.05) is 67.5 Å². The topological polar surface area (TPSA) is 202 Å². The van der Waals surface area contributed by atoms with Crippen LogP contribution in [0.3, 0.4) is 0 Å². The van der Waals surface area contributed by atoms with Crippen LogP contribution < -0.4 is 10.6 Å². The van der Waals surface area contributed by atoms with E-state index in [0.717, 1.165) is 64.2 Å². The molecule has 4 aliphatic heterocycles. The van der Waals surface area contributed by atoms with E-state index in [2.05, 4.69) is 51.4 Å². The van der Waals surface area contributed by atoms with Crippen LogP contribution in [0, 0.1) is 5.92 Å². The van der Waals surface area contributed by atoms with Crippen molar-refractivity contribution in [2.24, 2.45) is 5.92 Å². The first-order valence-electron chi connectivity index (χ1n) is 27.7. The van der Waals surface area contributed by atoms with E-state index in [4.69, 9.17) is 4.43 Å². The molecule has 8 rings (SSSR count). The highest BCUT2D eigenvalue weighted by molar-refractivity contribution is 6.74. The molecule has 4 heterocycles. The summed E-state index contributed by atoms with van der Waals surface area (Å²) >= 11 is 0. The van der Waals surface area contributed by atoms with Gasteiger partial charge in [0.05, 0.1) is 34.4 Å². The number of carbonyl (C=O) groups is 2. The molecule has 16 heteroatoms. The molecule has 1 atom stereocenters. The number of nitrogens with one attached hydrogen (secondary N) is 2. The summed E-state index contributed by atoms with van der Waals surface area (Å²) in [6.45, 7) is 28.9. The lowest BCUT2D eigenvalue weighted by Crippen LogP contribution is -2.69. The van der Waals surface area contributed by atoms with Gasteiger partial charge < -0.3 is 46.1 Å². The van der Waals surface area contributed by atoms with Gasteiger partial charge in [0.1, 0.15) is 0 Å². The number of hydrogen-bond acceptors (Lipinski definition) is 13. The number of amides is 2. The second kappa shape index (κ2) is 19.6. The van der Waals surface area contributed by atoms with E-state index < -0.39 is 41.6 Å². The number of aliphatic hydroxyl groups excluding tert-OH is 2. The molecule has 2 amide bonds. The van der Waals surface area contributed by atoms with Crippen LogP contribution in [-0.2, 0) is 14.0 Å². The highest BCUT2D eigenvalue weighted by Crippen LogP contribution is 2.54. The van der Waals surface area contributed by atoms with Crippen molar-refractivity contribution in [3.8, 4) is 0 Å². The Morgan fingerprint density at radius 2 is 0.845 bits per heavy atom. The Morgan fingerprint density at radius 3 is 1.13 bits per heavy atom. The third-order valence-corrected chi connectivity index (χ3v) is 24.6. The van der Waals surface area contributed by atoms with Gasteiger partial charge in [0.15, 0.2) is 8.32 Å². The Labute approximate surface area is 428 Å². The first kappa shape index (κ1) is 56.9. The molecular formula is C55H98N6O9Si. The fraction of sp³-hybridized carbons (Fsp3) is 0.891. The van der Waals surface area contributed by atoms with Crippen LogP contribution in [0.15, 0.2) is 23.3 Å². The molecular weight excluding hydrogens is 917 g/mol. The first-order valence-corrected chi connectivity index (χ1v) is 30.6. The molecule has 2 saturated heterocycles. The summed E-state index contributed by atoms with van der Waals surface area (Å²) in [6, 6.07) is -0.135. The minimum atomic E-state index is -1.86. The molecule has 4 spiro atoms. The summed E-state index contributed by atoms with van der Waals surface area (Å²) in [5.41, 5.74) is -3.21. The molecule has 4 saturated carbocycles. The molecule has 0 bridgehead atoms. The number of hydrogen-bond donors (Lipinski definition) is 8. The van der Waals surface area contributed by atoms with Gasteiger partial charge in [-0.05, 0) is 208 Å². The van der Waals surface area contributed by atoms with Gasteiger partial charge >= 0.3 is 0 Å². The fourth-order valence-corrected chi connectivity index (χ4v) is 16.1. The van der Waals surface area contributed by atoms with Gasteiger partial charge in [0.2, 0.25) is 11.8 Å². The molecule has 15 nitrogen and oxygen atoms in total. The van der Waals surface area contributed by atoms with E-state index >= 15 is 0 Å². The lowest BCUT2D eigenvalue weighted by molar-refractivity contribution is -0.286. The maximum Gasteiger partial charge on any atom is 0.249 e. The van der Waals surface area contributed by atoms with Gasteiger partial charge in [-0.1, -0.05) is 39.8 Å². The molecule has 406 valence electrons. The van der Waals surface area contributed by atoms with Crippen LogP contribution in [-0.4, -0.2) is 146 Å². The summed E-state index contributed by atoms with van der Waals surface area (Å²) < 4.78 is 6.81. The lowest BCUT2D eigenvalue weighted by Gasteiger charge is -2.60. The summed E-state index contributed by atoms with van der Waals surface area (Å²) in [6.07, 6.45) is 19.2. The molecule has 0 aromatic carbocycles. The van der Waals surface area contributed by atoms with Crippen LogP contribution in [0.25, 0.3) is 0 Å². The Kier molecular flexibility index (Phi) is 15.7. The Hall–Kier alpha value is -1.80. The van der Waals surface area contributed by atoms with Gasteiger partial charge in [-0.25, -0.2) is 0 Å². The number of rotatable bonds is 6. The zero-order valence-electron chi connectivity index (χ0n) is 46.5. The maximum atomic E-state index is 13.7. The van der Waals surface area contributed by atoms with Crippen molar-refractivity contribution >= 4 is 20.1 Å². The van der Waals surface area contributed by atoms with E-state index in [0.29, 0.717) is 81.3 Å². The number of aliphatic hydroxyl groups is 2. The number of nitrogens with zero attached hydrogens (tertiary/aromatic N) is 4. The molecule has 0 aromatic rings. The minimum Gasteiger partial charge on any atom is -0.414 e. The predicted octanol–water partition coefficient (Wildman–Crippen LogP) is 9.29. The van der Waals surface area contributed by atoms with Gasteiger partial charge in [-0.15, -0.1) is 0 Å². The van der Waals surface area contributed by atoms with E-state index in [-0.39, 0.29) is 58.3 Å². The van der Waals surface area contributed by atoms with Crippen molar-refractivity contribution < 1.29 is 45.1 Å². The van der Waals surface area contributed by atoms with Crippen molar-refractivity contribution in [2.45, 2.75) is 304 Å². The zero-order valence-corrected chi connectivity index (χ0v) is 47.5. The van der Waals surface area contributed by atoms with Gasteiger partial charge in [0, 0.05) is 51.5 Å². The molecule has 8 aliphatic rings. The smallest absolute Gasteiger partial charge is 0.249 e. The standard InChI is InChI=1S/C31H57N3O4Si.C24H41N3O5/c1-22-11-15-30(16-12-22)19-23(32-26(35)25-21-28(5,6)33(36)29(25,7)8)20-31(34(30)37)17-13-24(14-18-31)38-39(9,10)27(2,3)4;1-21(2)15-19(22(3,4)26(21)31)20(30)25-16-13-23(9-5-17(28)6-10-23)27(32)24(14-16)11-7-18(29)8-12-24/h21-24,36-37H,11-20H2,1-10H3,(H,32,35);15-18,28-29,31-32H,5-14H2,1-4H3,(H,25,30). The summed E-state index contributed by atoms with van der Waals surface area (Å²) in [4.78, 5) is 27.1. The van der Waals surface area contributed by atoms with Crippen molar-refractivity contribution in [3.05, 3.63) is 23.3 Å². The number of hydroxylamine groups is 8. The van der Waals surface area contributed by atoms with Crippen LogP contribution >= 0.6 is 0 Å². The average molecular weight is 1020 g/mol. The molecule has 1 unspecified atom stereocenters. The van der Waals surface area contributed by atoms with Crippen LogP contribution in [0.1, 0.15) is 212 Å². The fourth-order valence-electron chi connectivity index (χ4n) is 14.7. The first-order chi connectivity index (χ1) is 32.6. The van der Waals surface area contributed by atoms with Crippen molar-refractivity contribution in [1.82, 2.24) is 30.9 Å². The van der Waals surface area contributed by atoms with Crippen LogP contribution in [0.4, 0.5) is 0 Å². The third kappa shape index (κ3) is 10.8. The number of carbonyl (C=O) groups excluding carboxylic acids is 2. The summed E-state index contributed by atoms with van der Waals surface area (Å²) in [5.74, 6) is 0.407. The molecule has 71 heavy (non-hydrogen) atoms. The van der Waals surface area contributed by atoms with E-state index in [1.54, 1.807) is 10.1 Å². The predicted molar refractivity (Wildman–Crippen MR) is 277 cm³/mol. The molecule has 6 fully saturated rings. The van der Waals surface area contributed by atoms with E-state index in [1.165, 1.54) is 10.1 Å². The van der Waals surface area contributed by atoms with Crippen molar-refractivity contribution in [3.63, 3.8) is 0 Å². The van der Waals surface area contributed by atoms with Gasteiger partial charge in [0.25, 0.3) is 0 Å². The SMILES string of the molecule is CC1(C)C=C(C(=O)NC2CC3(CCC(O)CC3)N(O)C3(CCC(O)CC3)C2)C(C)(C)N1O.CC1CCC2(CC1)CC(NC(=O)C1=CC(C)(C)N(O)C1(C)C)CC1(CCC(O[Si](C)(C)C(C)(C)C)CC1)N2O.